The Bertz CT molecular complexity index is 1970. The molecule has 2 unspecified atom stereocenters. The Hall–Kier alpha value is -4.14. The summed E-state index contributed by atoms with van der Waals surface area (Å²) in [5.41, 5.74) is 18.0. The molecular formula is C41H39NSi. The third-order valence-electron chi connectivity index (χ3n) is 10.3. The Balaban J connectivity index is 1.33. The summed E-state index contributed by atoms with van der Waals surface area (Å²) in [6.07, 6.45) is 4.85. The number of rotatable bonds is 4. The Morgan fingerprint density at radius 3 is 2.28 bits per heavy atom. The fourth-order valence-corrected chi connectivity index (χ4v) is 10.7. The van der Waals surface area contributed by atoms with E-state index in [1.807, 2.05) is 0 Å². The molecule has 0 amide bonds. The standard InChI is InChI=1S/C41H39NSi/c1-26-25-35-32(19-11-23-37(35)42-24-12-16-29-14-6-8-22-36(29)42)38(26)33-20-10-21-34-40(33)39(27(2)41(34)43(3)4)31-18-9-15-28-13-5-7-17-30(28)31/h5-11,13-15,17-23,25,38,41,43H,12,16,24H2,1-4H3. The maximum absolute atomic E-state index is 2.57. The van der Waals surface area contributed by atoms with Crippen LogP contribution in [-0.2, 0) is 6.42 Å². The topological polar surface area (TPSA) is 3.24 Å². The van der Waals surface area contributed by atoms with Crippen molar-refractivity contribution in [2.75, 3.05) is 11.4 Å². The van der Waals surface area contributed by atoms with E-state index in [0.29, 0.717) is 5.54 Å². The summed E-state index contributed by atoms with van der Waals surface area (Å²) in [6.45, 7) is 10.9. The van der Waals surface area contributed by atoms with Crippen LogP contribution in [0, 0.1) is 0 Å². The largest absolute Gasteiger partial charge is 0.341 e. The summed E-state index contributed by atoms with van der Waals surface area (Å²) in [5.74, 6) is 0.260. The highest BCUT2D eigenvalue weighted by Crippen LogP contribution is 2.54. The lowest BCUT2D eigenvalue weighted by Gasteiger charge is -2.33. The van der Waals surface area contributed by atoms with Gasteiger partial charge in [-0.15, -0.1) is 0 Å². The van der Waals surface area contributed by atoms with Crippen molar-refractivity contribution in [1.82, 2.24) is 0 Å². The number of fused-ring (bicyclic) bond motifs is 4. The highest BCUT2D eigenvalue weighted by Gasteiger charge is 2.37. The SMILES string of the molecule is CC1=Cc2c(cccc2N2CCCc3ccccc32)C1c1cccc2c1C(c1cccc3ccccc13)=C(C)C2[SiH](C)C. The predicted octanol–water partition coefficient (Wildman–Crippen LogP) is 10.4. The highest BCUT2D eigenvalue weighted by atomic mass is 28.3. The van der Waals surface area contributed by atoms with Crippen LogP contribution >= 0.6 is 0 Å². The van der Waals surface area contributed by atoms with Crippen LogP contribution < -0.4 is 4.90 Å². The van der Waals surface area contributed by atoms with Crippen molar-refractivity contribution in [3.05, 3.63) is 153 Å². The number of benzene rings is 5. The second-order valence-electron chi connectivity index (χ2n) is 13.1. The molecule has 2 aliphatic carbocycles. The van der Waals surface area contributed by atoms with Crippen LogP contribution in [0.2, 0.25) is 13.1 Å². The fraction of sp³-hybridized carbons (Fsp3) is 0.220. The number of para-hydroxylation sites is 1. The summed E-state index contributed by atoms with van der Waals surface area (Å²) < 4.78 is 0. The highest BCUT2D eigenvalue weighted by molar-refractivity contribution is 6.59. The van der Waals surface area contributed by atoms with Crippen LogP contribution in [0.4, 0.5) is 11.4 Å². The molecule has 212 valence electrons. The average Bonchev–Trinajstić information content (AvgIpc) is 3.53. The molecule has 0 bridgehead atoms. The van der Waals surface area contributed by atoms with Crippen LogP contribution in [0.1, 0.15) is 70.7 Å². The molecule has 1 heterocycles. The van der Waals surface area contributed by atoms with Crippen molar-refractivity contribution in [1.29, 1.82) is 0 Å². The van der Waals surface area contributed by atoms with Crippen molar-refractivity contribution in [2.24, 2.45) is 0 Å². The van der Waals surface area contributed by atoms with E-state index < -0.39 is 8.80 Å². The van der Waals surface area contributed by atoms with E-state index in [1.54, 1.807) is 11.1 Å². The Labute approximate surface area is 257 Å². The van der Waals surface area contributed by atoms with Gasteiger partial charge in [-0.05, 0) is 94.1 Å². The third-order valence-corrected chi connectivity index (χ3v) is 12.5. The third kappa shape index (κ3) is 4.03. The molecular weight excluding hydrogens is 535 g/mol. The maximum Gasteiger partial charge on any atom is 0.0487 e. The minimum Gasteiger partial charge on any atom is -0.341 e. The quantitative estimate of drug-likeness (QED) is 0.193. The van der Waals surface area contributed by atoms with Crippen LogP contribution in [0.5, 0.6) is 0 Å². The van der Waals surface area contributed by atoms with Gasteiger partial charge >= 0.3 is 0 Å². The van der Waals surface area contributed by atoms with Crippen LogP contribution in [0.3, 0.4) is 0 Å². The first-order chi connectivity index (χ1) is 21.0. The zero-order chi connectivity index (χ0) is 29.2. The van der Waals surface area contributed by atoms with E-state index >= 15 is 0 Å². The first-order valence-electron chi connectivity index (χ1n) is 16.0. The molecule has 3 aliphatic rings. The van der Waals surface area contributed by atoms with Gasteiger partial charge in [0.15, 0.2) is 0 Å². The van der Waals surface area contributed by atoms with E-state index in [1.165, 1.54) is 73.1 Å². The van der Waals surface area contributed by atoms with Crippen LogP contribution in [-0.4, -0.2) is 15.3 Å². The molecule has 0 saturated heterocycles. The van der Waals surface area contributed by atoms with Crippen molar-refractivity contribution in [2.45, 2.75) is 51.2 Å². The van der Waals surface area contributed by atoms with E-state index in [2.05, 4.69) is 141 Å². The summed E-state index contributed by atoms with van der Waals surface area (Å²) in [7, 11) is -1.02. The van der Waals surface area contributed by atoms with Crippen molar-refractivity contribution >= 4 is 42.6 Å². The monoisotopic (exact) mass is 573 g/mol. The van der Waals surface area contributed by atoms with E-state index in [-0.39, 0.29) is 5.92 Å². The van der Waals surface area contributed by atoms with Crippen molar-refractivity contribution in [3.8, 4) is 0 Å². The first kappa shape index (κ1) is 26.5. The first-order valence-corrected chi connectivity index (χ1v) is 19.0. The van der Waals surface area contributed by atoms with Gasteiger partial charge in [-0.2, -0.15) is 0 Å². The summed E-state index contributed by atoms with van der Waals surface area (Å²) >= 11 is 0. The Kier molecular flexibility index (Phi) is 6.31. The van der Waals surface area contributed by atoms with Crippen molar-refractivity contribution in [3.63, 3.8) is 0 Å². The fourth-order valence-electron chi connectivity index (χ4n) is 8.58. The maximum atomic E-state index is 2.57. The lowest BCUT2D eigenvalue weighted by Crippen LogP contribution is -2.25. The molecule has 0 aromatic heterocycles. The van der Waals surface area contributed by atoms with E-state index in [0.717, 1.165) is 13.0 Å². The molecule has 0 N–H and O–H groups in total. The van der Waals surface area contributed by atoms with Crippen LogP contribution in [0.15, 0.2) is 114 Å². The molecule has 1 nitrogen and oxygen atoms in total. The van der Waals surface area contributed by atoms with Crippen LogP contribution in [0.25, 0.3) is 22.4 Å². The van der Waals surface area contributed by atoms with E-state index in [4.69, 9.17) is 0 Å². The lowest BCUT2D eigenvalue weighted by atomic mass is 9.81. The van der Waals surface area contributed by atoms with Gasteiger partial charge in [0.2, 0.25) is 0 Å². The van der Waals surface area contributed by atoms with Gasteiger partial charge in [-0.25, -0.2) is 0 Å². The summed E-state index contributed by atoms with van der Waals surface area (Å²) in [4.78, 5) is 2.57. The Morgan fingerprint density at radius 2 is 1.40 bits per heavy atom. The molecule has 0 radical (unpaired) electrons. The molecule has 2 heteroatoms. The molecule has 5 aromatic carbocycles. The zero-order valence-electron chi connectivity index (χ0n) is 25.7. The molecule has 0 spiro atoms. The minimum absolute atomic E-state index is 0.260. The van der Waals surface area contributed by atoms with Gasteiger partial charge < -0.3 is 4.90 Å². The van der Waals surface area contributed by atoms with Gasteiger partial charge in [0, 0.05) is 38.2 Å². The molecule has 0 saturated carbocycles. The minimum atomic E-state index is -1.02. The zero-order valence-corrected chi connectivity index (χ0v) is 26.8. The molecule has 1 aliphatic heterocycles. The second kappa shape index (κ2) is 10.2. The van der Waals surface area contributed by atoms with Gasteiger partial charge in [-0.3, -0.25) is 0 Å². The predicted molar refractivity (Wildman–Crippen MR) is 187 cm³/mol. The average molecular weight is 574 g/mol. The molecule has 2 atom stereocenters. The molecule has 5 aromatic rings. The molecule has 0 fully saturated rings. The van der Waals surface area contributed by atoms with Crippen molar-refractivity contribution < 1.29 is 0 Å². The van der Waals surface area contributed by atoms with Gasteiger partial charge in [-0.1, -0.05) is 121 Å². The summed E-state index contributed by atoms with van der Waals surface area (Å²) in [5, 5.41) is 2.68. The second-order valence-corrected chi connectivity index (χ2v) is 16.3. The smallest absolute Gasteiger partial charge is 0.0487 e. The van der Waals surface area contributed by atoms with E-state index in [9.17, 15) is 0 Å². The number of aryl methyl sites for hydroxylation is 1. The summed E-state index contributed by atoms with van der Waals surface area (Å²) in [6, 6.07) is 39.0. The van der Waals surface area contributed by atoms with Gasteiger partial charge in [0.1, 0.15) is 0 Å². The Morgan fingerprint density at radius 1 is 0.698 bits per heavy atom. The molecule has 8 rings (SSSR count). The molecule has 43 heavy (non-hydrogen) atoms. The number of allylic oxidation sites excluding steroid dienone is 2. The number of anilines is 2. The van der Waals surface area contributed by atoms with Gasteiger partial charge in [0.05, 0.1) is 0 Å². The normalized spacial score (nSPS) is 19.1. The lowest BCUT2D eigenvalue weighted by molar-refractivity contribution is 0.766. The number of hydrogen-bond acceptors (Lipinski definition) is 1. The number of hydrogen-bond donors (Lipinski definition) is 0. The van der Waals surface area contributed by atoms with Gasteiger partial charge in [0.25, 0.3) is 0 Å². The number of nitrogens with zero attached hydrogens (tertiary/aromatic N) is 1.